The predicted octanol–water partition coefficient (Wildman–Crippen LogP) is 9.12. The molecule has 0 aliphatic carbocycles. The van der Waals surface area contributed by atoms with E-state index in [0.29, 0.717) is 23.0 Å². The van der Waals surface area contributed by atoms with E-state index in [0.717, 1.165) is 14.7 Å². The molecule has 0 aliphatic heterocycles. The van der Waals surface area contributed by atoms with Gasteiger partial charge in [-0.25, -0.2) is 14.2 Å². The van der Waals surface area contributed by atoms with Crippen LogP contribution in [0.4, 0.5) is 0 Å². The lowest BCUT2D eigenvalue weighted by atomic mass is 9.86. The number of fused-ring (bicyclic) bond motifs is 2. The van der Waals surface area contributed by atoms with E-state index in [9.17, 15) is 28.8 Å². The Kier molecular flexibility index (Phi) is 11.2. The van der Waals surface area contributed by atoms with Crippen molar-refractivity contribution >= 4 is 33.5 Å². The average molecular weight is 835 g/mol. The molecule has 0 spiro atoms. The maximum Gasteiger partial charge on any atom is 0.338 e. The molecule has 7 aromatic rings. The molecule has 0 radical (unpaired) electrons. The molecule has 0 N–H and O–H groups in total. The second kappa shape index (κ2) is 16.3. The van der Waals surface area contributed by atoms with Gasteiger partial charge in [0.1, 0.15) is 34.5 Å². The third-order valence-corrected chi connectivity index (χ3v) is 9.83. The highest BCUT2D eigenvalue weighted by molar-refractivity contribution is 5.98. The Balaban J connectivity index is 1.29. The van der Waals surface area contributed by atoms with Gasteiger partial charge in [0.15, 0.2) is 11.5 Å². The van der Waals surface area contributed by atoms with Crippen LogP contribution in [0.25, 0.3) is 27.2 Å². The summed E-state index contributed by atoms with van der Waals surface area (Å²) in [6.07, 6.45) is 0. The van der Waals surface area contributed by atoms with Crippen molar-refractivity contribution in [3.05, 3.63) is 168 Å². The summed E-state index contributed by atoms with van der Waals surface area (Å²) in [5.41, 5.74) is -1.35. The zero-order valence-electron chi connectivity index (χ0n) is 35.1. The lowest BCUT2D eigenvalue weighted by Gasteiger charge is -2.23. The molecule has 2 heterocycles. The first-order valence-corrected chi connectivity index (χ1v) is 19.5. The van der Waals surface area contributed by atoms with Crippen LogP contribution in [0.5, 0.6) is 46.0 Å². The van der Waals surface area contributed by atoms with Crippen LogP contribution >= 0.6 is 0 Å². The van der Waals surface area contributed by atoms with E-state index in [2.05, 4.69) is 13.2 Å². The van der Waals surface area contributed by atoms with Crippen molar-refractivity contribution in [2.45, 2.75) is 59.9 Å². The molecule has 0 amide bonds. The summed E-state index contributed by atoms with van der Waals surface area (Å²) in [6, 6.07) is 24.8. The molecule has 0 saturated carbocycles. The fourth-order valence-corrected chi connectivity index (χ4v) is 6.69. The molecule has 0 saturated heterocycles. The quantitative estimate of drug-likeness (QED) is 0.0657. The molecule has 13 nitrogen and oxygen atoms in total. The Hall–Kier alpha value is -7.80. The van der Waals surface area contributed by atoms with Gasteiger partial charge < -0.3 is 23.7 Å². The minimum atomic E-state index is -0.694. The topological polar surface area (TPSA) is 158 Å². The third kappa shape index (κ3) is 8.33. The number of esters is 2. The Labute approximate surface area is 354 Å². The first kappa shape index (κ1) is 42.3. The van der Waals surface area contributed by atoms with Crippen LogP contribution in [0, 0.1) is 0 Å². The molecule has 0 fully saturated rings. The van der Waals surface area contributed by atoms with E-state index in [1.165, 1.54) is 49.4 Å². The van der Waals surface area contributed by atoms with Crippen molar-refractivity contribution in [2.75, 3.05) is 0 Å². The second-order valence-corrected chi connectivity index (χ2v) is 16.1. The molecule has 314 valence electrons. The van der Waals surface area contributed by atoms with Gasteiger partial charge in [-0.3, -0.25) is 23.7 Å². The Morgan fingerprint density at radius 3 is 1.39 bits per heavy atom. The summed E-state index contributed by atoms with van der Waals surface area (Å²) >= 11 is 0. The summed E-state index contributed by atoms with van der Waals surface area (Å²) in [4.78, 5) is 78.4. The monoisotopic (exact) mass is 834 g/mol. The van der Waals surface area contributed by atoms with E-state index in [1.807, 2.05) is 26.8 Å². The number of carbonyl (C=O) groups is 2. The van der Waals surface area contributed by atoms with E-state index < -0.39 is 40.2 Å². The molecule has 0 aliphatic rings. The third-order valence-electron chi connectivity index (χ3n) is 9.83. The molecule has 7 rings (SSSR count). The number of ether oxygens (including phenoxy) is 5. The molecule has 62 heavy (non-hydrogen) atoms. The Morgan fingerprint density at radius 1 is 0.516 bits per heavy atom. The van der Waals surface area contributed by atoms with Gasteiger partial charge >= 0.3 is 11.9 Å². The number of benzene rings is 5. The number of rotatable bonds is 12. The van der Waals surface area contributed by atoms with Gasteiger partial charge in [0.05, 0.1) is 27.2 Å². The summed E-state index contributed by atoms with van der Waals surface area (Å²) in [5.74, 6) is 1.28. The van der Waals surface area contributed by atoms with Crippen LogP contribution in [-0.4, -0.2) is 21.1 Å². The van der Waals surface area contributed by atoms with Crippen molar-refractivity contribution in [1.29, 1.82) is 0 Å². The van der Waals surface area contributed by atoms with E-state index in [1.54, 1.807) is 69.3 Å². The van der Waals surface area contributed by atoms with Gasteiger partial charge in [-0.15, -0.1) is 0 Å². The van der Waals surface area contributed by atoms with Crippen molar-refractivity contribution in [2.24, 2.45) is 0 Å². The van der Waals surface area contributed by atoms with Gasteiger partial charge in [0.25, 0.3) is 22.2 Å². The maximum absolute atomic E-state index is 14.0. The van der Waals surface area contributed by atoms with E-state index >= 15 is 0 Å². The number of carbonyl (C=O) groups excluding carboxylic acids is 2. The maximum atomic E-state index is 14.0. The highest BCUT2D eigenvalue weighted by Crippen LogP contribution is 2.41. The zero-order valence-corrected chi connectivity index (χ0v) is 35.1. The summed E-state index contributed by atoms with van der Waals surface area (Å²) < 4.78 is 31.8. The first-order valence-electron chi connectivity index (χ1n) is 19.5. The highest BCUT2D eigenvalue weighted by Gasteiger charge is 2.24. The largest absolute Gasteiger partial charge is 0.457 e. The van der Waals surface area contributed by atoms with Gasteiger partial charge in [-0.1, -0.05) is 40.0 Å². The normalized spacial score (nSPS) is 11.5. The minimum absolute atomic E-state index is 0.0165. The zero-order chi connectivity index (χ0) is 44.8. The summed E-state index contributed by atoms with van der Waals surface area (Å²) in [7, 11) is 0. The van der Waals surface area contributed by atoms with Crippen LogP contribution in [0.15, 0.2) is 141 Å². The summed E-state index contributed by atoms with van der Waals surface area (Å²) in [5, 5.41) is 0.0735. The van der Waals surface area contributed by atoms with E-state index in [4.69, 9.17) is 23.7 Å². The Bertz CT molecular complexity index is 3090. The molecule has 5 aromatic carbocycles. The average Bonchev–Trinajstić information content (AvgIpc) is 3.61. The van der Waals surface area contributed by atoms with Crippen LogP contribution < -0.4 is 45.9 Å². The molecule has 0 bridgehead atoms. The molecule has 2 aromatic heterocycles. The predicted molar refractivity (Wildman–Crippen MR) is 236 cm³/mol. The number of nitrogens with zero attached hydrogens (tertiary/aromatic N) is 2. The van der Waals surface area contributed by atoms with Crippen molar-refractivity contribution in [3.8, 4) is 51.7 Å². The first-order chi connectivity index (χ1) is 29.3. The highest BCUT2D eigenvalue weighted by atomic mass is 16.5. The Morgan fingerprint density at radius 2 is 0.935 bits per heavy atom. The number of aromatic nitrogens is 2. The van der Waals surface area contributed by atoms with Crippen molar-refractivity contribution in [1.82, 2.24) is 9.13 Å². The van der Waals surface area contributed by atoms with Crippen LogP contribution in [0.2, 0.25) is 0 Å². The van der Waals surface area contributed by atoms with Gasteiger partial charge in [-0.05, 0) is 112 Å². The lowest BCUT2D eigenvalue weighted by Crippen LogP contribution is -2.27. The minimum Gasteiger partial charge on any atom is -0.457 e. The van der Waals surface area contributed by atoms with Crippen molar-refractivity contribution in [3.63, 3.8) is 0 Å². The number of hydrogen-bond acceptors (Lipinski definition) is 11. The smallest absolute Gasteiger partial charge is 0.338 e. The SMILES string of the molecule is C=C(C)C(=O)Oc1ccc(Oc2cc(-n3c(=O)c4cc5c(=O)n(C(C)C)c(=O)c5cc4c3=O)ccc2Oc2ccc(C(C)(C)C)c(Oc3ccc(OC(=O)C(=C)C)cc3)c2)cc1. The van der Waals surface area contributed by atoms with E-state index in [-0.39, 0.29) is 66.8 Å². The fourth-order valence-electron chi connectivity index (χ4n) is 6.69. The standard InChI is InChI=1S/C49H42N2O11/c1-26(2)47(56)61-32-15-11-30(12-16-32)58-41-23-34(19-20-39(41)49(7,8)9)60-40-21-10-29(22-42(40)59-31-13-17-33(18-14-31)62-48(57)27(3)4)51-45(54)37-24-35-36(25-38(37)46(51)55)44(53)50(28(5)6)43(35)52/h10-25,28H,1,3H2,2,4-9H3. The fraction of sp³-hybridized carbons (Fsp3) is 0.184. The molecule has 0 unspecified atom stereocenters. The van der Waals surface area contributed by atoms with Crippen molar-refractivity contribution < 1.29 is 33.3 Å². The van der Waals surface area contributed by atoms with Crippen LogP contribution in [0.3, 0.4) is 0 Å². The van der Waals surface area contributed by atoms with Gasteiger partial charge in [-0.2, -0.15) is 0 Å². The molecular weight excluding hydrogens is 793 g/mol. The van der Waals surface area contributed by atoms with Crippen LogP contribution in [-0.2, 0) is 15.0 Å². The lowest BCUT2D eigenvalue weighted by molar-refractivity contribution is -0.130. The van der Waals surface area contributed by atoms with Gasteiger partial charge in [0, 0.05) is 34.9 Å². The molecule has 0 atom stereocenters. The molecule has 13 heteroatoms. The second-order valence-electron chi connectivity index (χ2n) is 16.1. The van der Waals surface area contributed by atoms with Gasteiger partial charge in [0.2, 0.25) is 0 Å². The summed E-state index contributed by atoms with van der Waals surface area (Å²) in [6.45, 7) is 19.8. The molecular formula is C49H42N2O11. The van der Waals surface area contributed by atoms with Crippen LogP contribution in [0.1, 0.15) is 60.1 Å². The number of hydrogen-bond donors (Lipinski definition) is 0.